The van der Waals surface area contributed by atoms with Gasteiger partial charge < -0.3 is 10.1 Å². The van der Waals surface area contributed by atoms with Crippen molar-refractivity contribution in [2.45, 2.75) is 32.4 Å². The maximum atomic E-state index is 11.3. The van der Waals surface area contributed by atoms with Crippen molar-refractivity contribution < 1.29 is 9.53 Å². The molecule has 0 aromatic carbocycles. The molecule has 0 aromatic rings. The lowest BCUT2D eigenvalue weighted by atomic mass is 10.2. The molecule has 0 fully saturated rings. The Morgan fingerprint density at radius 1 is 1.53 bits per heavy atom. The summed E-state index contributed by atoms with van der Waals surface area (Å²) >= 11 is 0. The van der Waals surface area contributed by atoms with Crippen LogP contribution < -0.4 is 10.6 Å². The van der Waals surface area contributed by atoms with Gasteiger partial charge in [0.25, 0.3) is 0 Å². The van der Waals surface area contributed by atoms with Crippen molar-refractivity contribution in [3.8, 4) is 6.07 Å². The maximum absolute atomic E-state index is 11.3. The normalized spacial score (nSPS) is 12.2. The molecule has 0 saturated carbocycles. The van der Waals surface area contributed by atoms with Gasteiger partial charge in [0.1, 0.15) is 6.04 Å². The highest BCUT2D eigenvalue weighted by atomic mass is 16.5. The molecule has 0 aliphatic heterocycles. The lowest BCUT2D eigenvalue weighted by Crippen LogP contribution is -2.38. The standard InChI is InChI=1S/C10H19N3O2/c1-8(2)13-10(14)6-9(7-11)12-4-5-15-3/h8-9,12H,4-6H2,1-3H3,(H,13,14). The average Bonchev–Trinajstić information content (AvgIpc) is 2.15. The summed E-state index contributed by atoms with van der Waals surface area (Å²) in [4.78, 5) is 11.3. The van der Waals surface area contributed by atoms with E-state index in [0.717, 1.165) is 0 Å². The van der Waals surface area contributed by atoms with E-state index in [4.69, 9.17) is 10.00 Å². The second-order valence-corrected chi connectivity index (χ2v) is 3.55. The molecule has 0 bridgehead atoms. The quantitative estimate of drug-likeness (QED) is 0.585. The van der Waals surface area contributed by atoms with Crippen LogP contribution in [0.1, 0.15) is 20.3 Å². The first-order valence-electron chi connectivity index (χ1n) is 5.01. The van der Waals surface area contributed by atoms with Crippen LogP contribution >= 0.6 is 0 Å². The fraction of sp³-hybridized carbons (Fsp3) is 0.800. The molecule has 1 unspecified atom stereocenters. The van der Waals surface area contributed by atoms with E-state index in [1.54, 1.807) is 7.11 Å². The van der Waals surface area contributed by atoms with Gasteiger partial charge in [0.05, 0.1) is 19.1 Å². The smallest absolute Gasteiger partial charge is 0.222 e. The van der Waals surface area contributed by atoms with Crippen LogP contribution in [0.2, 0.25) is 0 Å². The number of hydrogen-bond donors (Lipinski definition) is 2. The first-order chi connectivity index (χ1) is 7.10. The van der Waals surface area contributed by atoms with Crippen molar-refractivity contribution in [2.24, 2.45) is 0 Å². The zero-order valence-corrected chi connectivity index (χ0v) is 9.54. The fourth-order valence-corrected chi connectivity index (χ4v) is 1.06. The molecule has 0 aliphatic carbocycles. The number of nitrogens with zero attached hydrogens (tertiary/aromatic N) is 1. The van der Waals surface area contributed by atoms with Crippen LogP contribution in [0, 0.1) is 11.3 Å². The third-order valence-corrected chi connectivity index (χ3v) is 1.69. The highest BCUT2D eigenvalue weighted by molar-refractivity contribution is 5.77. The van der Waals surface area contributed by atoms with E-state index >= 15 is 0 Å². The van der Waals surface area contributed by atoms with Gasteiger partial charge in [0.2, 0.25) is 5.91 Å². The number of rotatable bonds is 7. The van der Waals surface area contributed by atoms with Gasteiger partial charge in [0, 0.05) is 19.7 Å². The number of nitrogens with one attached hydrogen (secondary N) is 2. The van der Waals surface area contributed by atoms with Gasteiger partial charge in [-0.3, -0.25) is 10.1 Å². The zero-order chi connectivity index (χ0) is 11.7. The molecule has 1 atom stereocenters. The van der Waals surface area contributed by atoms with Gasteiger partial charge in [-0.25, -0.2) is 0 Å². The molecule has 0 aromatic heterocycles. The molecule has 86 valence electrons. The zero-order valence-electron chi connectivity index (χ0n) is 9.54. The Labute approximate surface area is 90.8 Å². The van der Waals surface area contributed by atoms with Crippen molar-refractivity contribution in [3.63, 3.8) is 0 Å². The first kappa shape index (κ1) is 13.9. The minimum atomic E-state index is -0.445. The van der Waals surface area contributed by atoms with Crippen molar-refractivity contribution in [1.82, 2.24) is 10.6 Å². The van der Waals surface area contributed by atoms with E-state index in [-0.39, 0.29) is 18.4 Å². The van der Waals surface area contributed by atoms with Gasteiger partial charge in [-0.05, 0) is 13.8 Å². The van der Waals surface area contributed by atoms with Crippen LogP contribution in [0.5, 0.6) is 0 Å². The predicted molar refractivity (Wildman–Crippen MR) is 57.2 cm³/mol. The van der Waals surface area contributed by atoms with E-state index in [0.29, 0.717) is 13.2 Å². The van der Waals surface area contributed by atoms with Gasteiger partial charge in [-0.15, -0.1) is 0 Å². The Morgan fingerprint density at radius 2 is 2.20 bits per heavy atom. The second-order valence-electron chi connectivity index (χ2n) is 3.55. The second kappa shape index (κ2) is 8.21. The monoisotopic (exact) mass is 213 g/mol. The highest BCUT2D eigenvalue weighted by Gasteiger charge is 2.12. The summed E-state index contributed by atoms with van der Waals surface area (Å²) in [6.45, 7) is 4.88. The van der Waals surface area contributed by atoms with Crippen LogP contribution in [-0.4, -0.2) is 38.3 Å². The SMILES string of the molecule is COCCNC(C#N)CC(=O)NC(C)C. The number of hydrogen-bond acceptors (Lipinski definition) is 4. The van der Waals surface area contributed by atoms with E-state index in [1.807, 2.05) is 19.9 Å². The van der Waals surface area contributed by atoms with Crippen LogP contribution in [0.4, 0.5) is 0 Å². The Hall–Kier alpha value is -1.12. The summed E-state index contributed by atoms with van der Waals surface area (Å²) in [5.41, 5.74) is 0. The Morgan fingerprint density at radius 3 is 2.67 bits per heavy atom. The minimum Gasteiger partial charge on any atom is -0.383 e. The maximum Gasteiger partial charge on any atom is 0.222 e. The summed E-state index contributed by atoms with van der Waals surface area (Å²) in [6.07, 6.45) is 0.179. The van der Waals surface area contributed by atoms with Gasteiger partial charge in [0.15, 0.2) is 0 Å². The molecule has 0 aliphatic rings. The highest BCUT2D eigenvalue weighted by Crippen LogP contribution is 1.91. The molecule has 2 N–H and O–H groups in total. The molecule has 0 rings (SSSR count). The lowest BCUT2D eigenvalue weighted by Gasteiger charge is -2.12. The van der Waals surface area contributed by atoms with E-state index < -0.39 is 6.04 Å². The molecule has 0 heterocycles. The fourth-order valence-electron chi connectivity index (χ4n) is 1.06. The Bertz CT molecular complexity index is 223. The van der Waals surface area contributed by atoms with Crippen LogP contribution in [-0.2, 0) is 9.53 Å². The average molecular weight is 213 g/mol. The third kappa shape index (κ3) is 7.91. The molecular formula is C10H19N3O2. The van der Waals surface area contributed by atoms with E-state index in [1.165, 1.54) is 0 Å². The minimum absolute atomic E-state index is 0.107. The van der Waals surface area contributed by atoms with Crippen molar-refractivity contribution >= 4 is 5.91 Å². The Kier molecular flexibility index (Phi) is 7.60. The summed E-state index contributed by atoms with van der Waals surface area (Å²) < 4.78 is 4.83. The first-order valence-corrected chi connectivity index (χ1v) is 5.01. The number of amides is 1. The van der Waals surface area contributed by atoms with Crippen molar-refractivity contribution in [1.29, 1.82) is 5.26 Å². The number of carbonyl (C=O) groups excluding carboxylic acids is 1. The summed E-state index contributed by atoms with van der Waals surface area (Å²) in [7, 11) is 1.59. The molecule has 5 heteroatoms. The lowest BCUT2D eigenvalue weighted by molar-refractivity contribution is -0.121. The molecule has 15 heavy (non-hydrogen) atoms. The summed E-state index contributed by atoms with van der Waals surface area (Å²) in [5, 5.41) is 14.4. The molecule has 5 nitrogen and oxygen atoms in total. The molecule has 0 radical (unpaired) electrons. The number of carbonyl (C=O) groups is 1. The third-order valence-electron chi connectivity index (χ3n) is 1.69. The summed E-state index contributed by atoms with van der Waals surface area (Å²) in [5.74, 6) is -0.110. The van der Waals surface area contributed by atoms with E-state index in [9.17, 15) is 4.79 Å². The van der Waals surface area contributed by atoms with Crippen molar-refractivity contribution in [3.05, 3.63) is 0 Å². The molecule has 1 amide bonds. The van der Waals surface area contributed by atoms with Gasteiger partial charge in [-0.2, -0.15) is 5.26 Å². The molecular weight excluding hydrogens is 194 g/mol. The van der Waals surface area contributed by atoms with Crippen LogP contribution in [0.3, 0.4) is 0 Å². The predicted octanol–water partition coefficient (Wildman–Crippen LogP) is 0.0293. The van der Waals surface area contributed by atoms with Crippen LogP contribution in [0.25, 0.3) is 0 Å². The summed E-state index contributed by atoms with van der Waals surface area (Å²) in [6, 6.07) is 1.70. The largest absolute Gasteiger partial charge is 0.383 e. The molecule has 0 spiro atoms. The van der Waals surface area contributed by atoms with Gasteiger partial charge >= 0.3 is 0 Å². The van der Waals surface area contributed by atoms with Crippen LogP contribution in [0.15, 0.2) is 0 Å². The topological polar surface area (TPSA) is 74.1 Å². The number of ether oxygens (including phenoxy) is 1. The number of methoxy groups -OCH3 is 1. The van der Waals surface area contributed by atoms with Gasteiger partial charge in [-0.1, -0.05) is 0 Å². The van der Waals surface area contributed by atoms with E-state index in [2.05, 4.69) is 10.6 Å². The van der Waals surface area contributed by atoms with Crippen molar-refractivity contribution in [2.75, 3.05) is 20.3 Å². The number of nitriles is 1. The Balaban J connectivity index is 3.79. The molecule has 0 saturated heterocycles.